The van der Waals surface area contributed by atoms with Crippen molar-refractivity contribution in [2.75, 3.05) is 0 Å². The number of hydrogen-bond acceptors (Lipinski definition) is 3. The Labute approximate surface area is 145 Å². The molecule has 5 nitrogen and oxygen atoms in total. The maximum atomic E-state index is 12.2. The minimum atomic E-state index is -0.103. The molecule has 0 aliphatic rings. The molecule has 1 atom stereocenters. The third kappa shape index (κ3) is 4.00. The molecule has 122 valence electrons. The van der Waals surface area contributed by atoms with Gasteiger partial charge >= 0.3 is 0 Å². The average Bonchev–Trinajstić information content (AvgIpc) is 3.11. The molecule has 0 aliphatic heterocycles. The maximum absolute atomic E-state index is 12.2. The summed E-state index contributed by atoms with van der Waals surface area (Å²) in [4.78, 5) is 16.2. The molecule has 0 fully saturated rings. The number of pyridine rings is 1. The highest BCUT2D eigenvalue weighted by Gasteiger charge is 2.11. The highest BCUT2D eigenvalue weighted by atomic mass is 35.5. The number of carbonyl (C=O) groups is 1. The van der Waals surface area contributed by atoms with Gasteiger partial charge in [0.2, 0.25) is 5.91 Å². The van der Waals surface area contributed by atoms with E-state index in [9.17, 15) is 4.79 Å². The van der Waals surface area contributed by atoms with Crippen LogP contribution >= 0.6 is 11.6 Å². The monoisotopic (exact) mass is 340 g/mol. The first-order valence-electron chi connectivity index (χ1n) is 7.61. The standard InChI is InChI=1S/C18H17ClN4O/c1-13(22-18(24)10-14-6-7-17(19)20-12-14)15-4-2-5-16(11-15)23-9-3-8-21-23/h2-9,11-13H,10H2,1H3,(H,22,24)/t13-/m1/s1. The molecule has 2 aromatic heterocycles. The Bertz CT molecular complexity index is 815. The van der Waals surface area contributed by atoms with E-state index in [0.29, 0.717) is 5.15 Å². The smallest absolute Gasteiger partial charge is 0.224 e. The average molecular weight is 341 g/mol. The van der Waals surface area contributed by atoms with E-state index >= 15 is 0 Å². The van der Waals surface area contributed by atoms with Crippen molar-refractivity contribution in [2.24, 2.45) is 0 Å². The van der Waals surface area contributed by atoms with Crippen molar-refractivity contribution in [2.45, 2.75) is 19.4 Å². The van der Waals surface area contributed by atoms with E-state index < -0.39 is 0 Å². The van der Waals surface area contributed by atoms with E-state index in [4.69, 9.17) is 11.6 Å². The van der Waals surface area contributed by atoms with Crippen LogP contribution in [0.2, 0.25) is 5.15 Å². The lowest BCUT2D eigenvalue weighted by atomic mass is 10.1. The van der Waals surface area contributed by atoms with Crippen molar-refractivity contribution >= 4 is 17.5 Å². The predicted molar refractivity (Wildman–Crippen MR) is 93.1 cm³/mol. The first-order valence-corrected chi connectivity index (χ1v) is 7.99. The Hall–Kier alpha value is -2.66. The third-order valence-electron chi connectivity index (χ3n) is 3.67. The molecular weight excluding hydrogens is 324 g/mol. The summed E-state index contributed by atoms with van der Waals surface area (Å²) in [5, 5.41) is 7.64. The molecular formula is C18H17ClN4O. The summed E-state index contributed by atoms with van der Waals surface area (Å²) in [5.41, 5.74) is 2.81. The molecule has 1 aromatic carbocycles. The van der Waals surface area contributed by atoms with Gasteiger partial charge in [0.15, 0.2) is 0 Å². The van der Waals surface area contributed by atoms with Gasteiger partial charge in [0.25, 0.3) is 0 Å². The quantitative estimate of drug-likeness (QED) is 0.725. The minimum Gasteiger partial charge on any atom is -0.349 e. The lowest BCUT2D eigenvalue weighted by Gasteiger charge is -2.15. The van der Waals surface area contributed by atoms with Gasteiger partial charge in [-0.2, -0.15) is 5.10 Å². The number of carbonyl (C=O) groups excluding carboxylic acids is 1. The summed E-state index contributed by atoms with van der Waals surface area (Å²) in [5.74, 6) is -0.0592. The van der Waals surface area contributed by atoms with Crippen LogP contribution in [0.3, 0.4) is 0 Å². The number of rotatable bonds is 5. The Morgan fingerprint density at radius 2 is 2.17 bits per heavy atom. The van der Waals surface area contributed by atoms with Gasteiger partial charge in [-0.1, -0.05) is 29.8 Å². The molecule has 0 saturated carbocycles. The molecule has 0 bridgehead atoms. The van der Waals surface area contributed by atoms with Crippen molar-refractivity contribution in [3.8, 4) is 5.69 Å². The van der Waals surface area contributed by atoms with Gasteiger partial charge in [-0.15, -0.1) is 0 Å². The van der Waals surface area contributed by atoms with Gasteiger partial charge in [-0.05, 0) is 42.3 Å². The summed E-state index contributed by atoms with van der Waals surface area (Å²) < 4.78 is 1.79. The first-order chi connectivity index (χ1) is 11.6. The maximum Gasteiger partial charge on any atom is 0.224 e. The fourth-order valence-electron chi connectivity index (χ4n) is 2.43. The molecule has 0 unspecified atom stereocenters. The van der Waals surface area contributed by atoms with Gasteiger partial charge in [-0.3, -0.25) is 4.79 Å². The lowest BCUT2D eigenvalue weighted by Crippen LogP contribution is -2.28. The summed E-state index contributed by atoms with van der Waals surface area (Å²) in [6, 6.07) is 13.2. The molecule has 1 N–H and O–H groups in total. The van der Waals surface area contributed by atoms with E-state index in [-0.39, 0.29) is 18.4 Å². The number of nitrogens with zero attached hydrogens (tertiary/aromatic N) is 3. The number of aromatic nitrogens is 3. The molecule has 24 heavy (non-hydrogen) atoms. The topological polar surface area (TPSA) is 59.8 Å². The van der Waals surface area contributed by atoms with E-state index in [1.165, 1.54) is 0 Å². The van der Waals surface area contributed by atoms with Gasteiger partial charge < -0.3 is 5.32 Å². The number of benzene rings is 1. The number of nitrogens with one attached hydrogen (secondary N) is 1. The molecule has 0 saturated heterocycles. The molecule has 0 aliphatic carbocycles. The second kappa shape index (κ2) is 7.27. The van der Waals surface area contributed by atoms with Gasteiger partial charge in [0, 0.05) is 18.6 Å². The SMILES string of the molecule is C[C@@H](NC(=O)Cc1ccc(Cl)nc1)c1cccc(-n2cccn2)c1. The van der Waals surface area contributed by atoms with Crippen LogP contribution in [-0.2, 0) is 11.2 Å². The van der Waals surface area contributed by atoms with Crippen LogP contribution in [-0.4, -0.2) is 20.7 Å². The van der Waals surface area contributed by atoms with Crippen molar-refractivity contribution in [1.29, 1.82) is 0 Å². The summed E-state index contributed by atoms with van der Waals surface area (Å²) in [7, 11) is 0. The number of amides is 1. The third-order valence-corrected chi connectivity index (χ3v) is 3.89. The van der Waals surface area contributed by atoms with Crippen LogP contribution in [0.5, 0.6) is 0 Å². The minimum absolute atomic E-state index is 0.0592. The van der Waals surface area contributed by atoms with Crippen LogP contribution in [0.4, 0.5) is 0 Å². The number of hydrogen-bond donors (Lipinski definition) is 1. The molecule has 3 rings (SSSR count). The molecule has 1 amide bonds. The highest BCUT2D eigenvalue weighted by Crippen LogP contribution is 2.17. The predicted octanol–water partition coefficient (Wildman–Crippen LogP) is 3.34. The highest BCUT2D eigenvalue weighted by molar-refractivity contribution is 6.29. The summed E-state index contributed by atoms with van der Waals surface area (Å²) >= 11 is 5.75. The van der Waals surface area contributed by atoms with E-state index in [1.54, 1.807) is 29.2 Å². The van der Waals surface area contributed by atoms with E-state index in [1.807, 2.05) is 43.5 Å². The zero-order valence-electron chi connectivity index (χ0n) is 13.2. The Kier molecular flexibility index (Phi) is 4.91. The van der Waals surface area contributed by atoms with Gasteiger partial charge in [0.1, 0.15) is 5.15 Å². The Morgan fingerprint density at radius 1 is 1.29 bits per heavy atom. The lowest BCUT2D eigenvalue weighted by molar-refractivity contribution is -0.121. The normalized spacial score (nSPS) is 11.9. The Balaban J connectivity index is 1.66. The fraction of sp³-hybridized carbons (Fsp3) is 0.167. The van der Waals surface area contributed by atoms with Crippen LogP contribution < -0.4 is 5.32 Å². The molecule has 0 radical (unpaired) electrons. The molecule has 2 heterocycles. The van der Waals surface area contributed by atoms with Crippen LogP contribution in [0.1, 0.15) is 24.1 Å². The van der Waals surface area contributed by atoms with Crippen molar-refractivity contribution < 1.29 is 4.79 Å². The second-order valence-corrected chi connectivity index (χ2v) is 5.89. The molecule has 0 spiro atoms. The zero-order chi connectivity index (χ0) is 16.9. The second-order valence-electron chi connectivity index (χ2n) is 5.50. The fourth-order valence-corrected chi connectivity index (χ4v) is 2.54. The van der Waals surface area contributed by atoms with Gasteiger partial charge in [-0.25, -0.2) is 9.67 Å². The van der Waals surface area contributed by atoms with E-state index in [2.05, 4.69) is 15.4 Å². The molecule has 3 aromatic rings. The van der Waals surface area contributed by atoms with Crippen LogP contribution in [0.25, 0.3) is 5.69 Å². The summed E-state index contributed by atoms with van der Waals surface area (Å²) in [6.45, 7) is 1.96. The summed E-state index contributed by atoms with van der Waals surface area (Å²) in [6.07, 6.45) is 5.51. The van der Waals surface area contributed by atoms with E-state index in [0.717, 1.165) is 16.8 Å². The van der Waals surface area contributed by atoms with Gasteiger partial charge in [0.05, 0.1) is 18.2 Å². The van der Waals surface area contributed by atoms with Crippen molar-refractivity contribution in [1.82, 2.24) is 20.1 Å². The van der Waals surface area contributed by atoms with Crippen LogP contribution in [0, 0.1) is 0 Å². The van der Waals surface area contributed by atoms with Crippen LogP contribution in [0.15, 0.2) is 61.1 Å². The number of halogens is 1. The first kappa shape index (κ1) is 16.2. The Morgan fingerprint density at radius 3 is 2.88 bits per heavy atom. The van der Waals surface area contributed by atoms with Crippen molar-refractivity contribution in [3.05, 3.63) is 77.3 Å². The zero-order valence-corrected chi connectivity index (χ0v) is 13.9. The largest absolute Gasteiger partial charge is 0.349 e. The molecule has 6 heteroatoms. The van der Waals surface area contributed by atoms with Crippen molar-refractivity contribution in [3.63, 3.8) is 0 Å².